The number of aliphatic hydroxyl groups is 1. The van der Waals surface area contributed by atoms with Gasteiger partial charge in [0.15, 0.2) is 0 Å². The highest BCUT2D eigenvalue weighted by atomic mass is 35.5. The molecule has 16 heavy (non-hydrogen) atoms. The Balaban J connectivity index is 1.79. The van der Waals surface area contributed by atoms with E-state index in [0.29, 0.717) is 11.1 Å². The van der Waals surface area contributed by atoms with Crippen LogP contribution >= 0.6 is 11.6 Å². The van der Waals surface area contributed by atoms with Crippen molar-refractivity contribution in [3.05, 3.63) is 17.5 Å². The number of rotatable bonds is 3. The molecule has 0 aromatic carbocycles. The average Bonchev–Trinajstić information content (AvgIpc) is 2.28. The first-order valence-electron chi connectivity index (χ1n) is 5.63. The zero-order valence-corrected chi connectivity index (χ0v) is 9.82. The number of nitrogens with one attached hydrogen (secondary N) is 1. The predicted octanol–water partition coefficient (Wildman–Crippen LogP) is 2.09. The molecule has 1 saturated carbocycles. The number of aromatic nitrogens is 2. The molecule has 1 fully saturated rings. The zero-order chi connectivity index (χ0) is 11.4. The van der Waals surface area contributed by atoms with E-state index in [-0.39, 0.29) is 6.10 Å². The summed E-state index contributed by atoms with van der Waals surface area (Å²) in [6.07, 6.45) is 5.34. The van der Waals surface area contributed by atoms with E-state index in [4.69, 9.17) is 11.6 Å². The molecule has 88 valence electrons. The molecule has 0 unspecified atom stereocenters. The van der Waals surface area contributed by atoms with Gasteiger partial charge in [-0.2, -0.15) is 0 Å². The summed E-state index contributed by atoms with van der Waals surface area (Å²) < 4.78 is 0. The van der Waals surface area contributed by atoms with Gasteiger partial charge in [0.2, 0.25) is 0 Å². The minimum absolute atomic E-state index is 0.0928. The summed E-state index contributed by atoms with van der Waals surface area (Å²) in [7, 11) is 0. The molecule has 0 aliphatic heterocycles. The molecule has 0 bridgehead atoms. The van der Waals surface area contributed by atoms with Crippen molar-refractivity contribution in [2.75, 3.05) is 11.9 Å². The highest BCUT2D eigenvalue weighted by Gasteiger charge is 2.18. The fourth-order valence-electron chi connectivity index (χ4n) is 2.03. The molecule has 5 heteroatoms. The number of hydrogen-bond acceptors (Lipinski definition) is 4. The molecule has 1 aromatic rings. The highest BCUT2D eigenvalue weighted by Crippen LogP contribution is 2.24. The van der Waals surface area contributed by atoms with Gasteiger partial charge >= 0.3 is 0 Å². The zero-order valence-electron chi connectivity index (χ0n) is 9.06. The molecule has 0 spiro atoms. The summed E-state index contributed by atoms with van der Waals surface area (Å²) in [5.74, 6) is 1.39. The highest BCUT2D eigenvalue weighted by molar-refractivity contribution is 6.29. The van der Waals surface area contributed by atoms with Crippen molar-refractivity contribution in [2.45, 2.75) is 31.8 Å². The van der Waals surface area contributed by atoms with Crippen molar-refractivity contribution >= 4 is 17.4 Å². The van der Waals surface area contributed by atoms with Gasteiger partial charge < -0.3 is 10.4 Å². The minimum Gasteiger partial charge on any atom is -0.393 e. The van der Waals surface area contributed by atoms with E-state index in [2.05, 4.69) is 15.3 Å². The number of anilines is 1. The van der Waals surface area contributed by atoms with E-state index in [1.807, 2.05) is 0 Å². The molecule has 1 aliphatic carbocycles. The number of halogens is 1. The minimum atomic E-state index is -0.0928. The standard InChI is InChI=1S/C11H16ClN3O/c12-10-5-11(15-7-14-10)13-6-8-1-3-9(16)4-2-8/h5,7-9,16H,1-4,6H2,(H,13,14,15). The van der Waals surface area contributed by atoms with Gasteiger partial charge in [-0.1, -0.05) is 11.6 Å². The Morgan fingerprint density at radius 3 is 2.75 bits per heavy atom. The lowest BCUT2D eigenvalue weighted by atomic mass is 9.87. The lowest BCUT2D eigenvalue weighted by Gasteiger charge is -2.25. The van der Waals surface area contributed by atoms with E-state index in [1.165, 1.54) is 6.33 Å². The Hall–Kier alpha value is -0.870. The van der Waals surface area contributed by atoms with Crippen LogP contribution in [0.25, 0.3) is 0 Å². The maximum absolute atomic E-state index is 9.39. The van der Waals surface area contributed by atoms with Crippen molar-refractivity contribution in [1.29, 1.82) is 0 Å². The maximum Gasteiger partial charge on any atom is 0.134 e. The summed E-state index contributed by atoms with van der Waals surface area (Å²) in [5, 5.41) is 13.1. The first-order valence-corrected chi connectivity index (χ1v) is 6.01. The number of aliphatic hydroxyl groups excluding tert-OH is 1. The van der Waals surface area contributed by atoms with Gasteiger partial charge in [0.25, 0.3) is 0 Å². The third kappa shape index (κ3) is 3.32. The van der Waals surface area contributed by atoms with E-state index in [0.717, 1.165) is 38.0 Å². The first-order chi connectivity index (χ1) is 7.74. The van der Waals surface area contributed by atoms with Crippen LogP contribution < -0.4 is 5.32 Å². The second-order valence-corrected chi connectivity index (χ2v) is 4.67. The van der Waals surface area contributed by atoms with Crippen LogP contribution in [0.5, 0.6) is 0 Å². The maximum atomic E-state index is 9.39. The molecule has 0 atom stereocenters. The van der Waals surface area contributed by atoms with Crippen molar-refractivity contribution in [2.24, 2.45) is 5.92 Å². The number of nitrogens with zero attached hydrogens (tertiary/aromatic N) is 2. The molecule has 4 nitrogen and oxygen atoms in total. The van der Waals surface area contributed by atoms with Crippen LogP contribution in [0, 0.1) is 5.92 Å². The Morgan fingerprint density at radius 1 is 1.31 bits per heavy atom. The quantitative estimate of drug-likeness (QED) is 0.796. The third-order valence-corrected chi connectivity index (χ3v) is 3.23. The Labute approximate surface area is 100 Å². The predicted molar refractivity (Wildman–Crippen MR) is 63.5 cm³/mol. The van der Waals surface area contributed by atoms with Gasteiger partial charge in [0.1, 0.15) is 17.3 Å². The van der Waals surface area contributed by atoms with Crippen molar-refractivity contribution in [3.8, 4) is 0 Å². The van der Waals surface area contributed by atoms with Crippen molar-refractivity contribution in [1.82, 2.24) is 9.97 Å². The molecule has 0 radical (unpaired) electrons. The average molecular weight is 242 g/mol. The van der Waals surface area contributed by atoms with E-state index >= 15 is 0 Å². The Bertz CT molecular complexity index is 340. The van der Waals surface area contributed by atoms with Crippen LogP contribution in [-0.4, -0.2) is 27.7 Å². The van der Waals surface area contributed by atoms with Crippen LogP contribution in [0.15, 0.2) is 12.4 Å². The van der Waals surface area contributed by atoms with Crippen LogP contribution in [0.1, 0.15) is 25.7 Å². The summed E-state index contributed by atoms with van der Waals surface area (Å²) >= 11 is 5.76. The van der Waals surface area contributed by atoms with Gasteiger partial charge in [-0.3, -0.25) is 0 Å². The van der Waals surface area contributed by atoms with Crippen LogP contribution in [-0.2, 0) is 0 Å². The van der Waals surface area contributed by atoms with Gasteiger partial charge in [-0.05, 0) is 31.6 Å². The molecule has 2 N–H and O–H groups in total. The first kappa shape index (κ1) is 11.6. The SMILES string of the molecule is OC1CCC(CNc2cc(Cl)ncn2)CC1. The van der Waals surface area contributed by atoms with E-state index in [1.54, 1.807) is 6.07 Å². The van der Waals surface area contributed by atoms with Crippen LogP contribution in [0.3, 0.4) is 0 Å². The molecule has 0 saturated heterocycles. The largest absolute Gasteiger partial charge is 0.393 e. The third-order valence-electron chi connectivity index (χ3n) is 3.02. The molecule has 0 amide bonds. The lowest BCUT2D eigenvalue weighted by molar-refractivity contribution is 0.111. The smallest absolute Gasteiger partial charge is 0.134 e. The van der Waals surface area contributed by atoms with E-state index in [9.17, 15) is 5.11 Å². The van der Waals surface area contributed by atoms with Crippen LogP contribution in [0.4, 0.5) is 5.82 Å². The fourth-order valence-corrected chi connectivity index (χ4v) is 2.18. The molecular formula is C11H16ClN3O. The molecular weight excluding hydrogens is 226 g/mol. The second kappa shape index (κ2) is 5.46. The topological polar surface area (TPSA) is 58.0 Å². The van der Waals surface area contributed by atoms with Gasteiger partial charge in [0.05, 0.1) is 6.10 Å². The number of hydrogen-bond donors (Lipinski definition) is 2. The molecule has 2 rings (SSSR count). The van der Waals surface area contributed by atoms with Gasteiger partial charge in [-0.15, -0.1) is 0 Å². The van der Waals surface area contributed by atoms with E-state index < -0.39 is 0 Å². The van der Waals surface area contributed by atoms with Gasteiger partial charge in [-0.25, -0.2) is 9.97 Å². The summed E-state index contributed by atoms with van der Waals surface area (Å²) in [6, 6.07) is 1.72. The van der Waals surface area contributed by atoms with Crippen molar-refractivity contribution in [3.63, 3.8) is 0 Å². The summed E-state index contributed by atoms with van der Waals surface area (Å²) in [5.41, 5.74) is 0. The summed E-state index contributed by atoms with van der Waals surface area (Å²) in [4.78, 5) is 7.91. The normalized spacial score (nSPS) is 25.4. The second-order valence-electron chi connectivity index (χ2n) is 4.28. The Morgan fingerprint density at radius 2 is 2.06 bits per heavy atom. The molecule has 1 aliphatic rings. The molecule has 1 aromatic heterocycles. The lowest BCUT2D eigenvalue weighted by Crippen LogP contribution is -2.23. The Kier molecular flexibility index (Phi) is 3.96. The van der Waals surface area contributed by atoms with Gasteiger partial charge in [0, 0.05) is 12.6 Å². The fraction of sp³-hybridized carbons (Fsp3) is 0.636. The molecule has 1 heterocycles. The van der Waals surface area contributed by atoms with Crippen LogP contribution in [0.2, 0.25) is 5.15 Å². The summed E-state index contributed by atoms with van der Waals surface area (Å²) in [6.45, 7) is 0.889. The monoisotopic (exact) mass is 241 g/mol. The van der Waals surface area contributed by atoms with Crippen molar-refractivity contribution < 1.29 is 5.11 Å².